The highest BCUT2D eigenvalue weighted by Crippen LogP contribution is 2.16. The number of halogens is 1. The largest absolute Gasteiger partial charge is 0.481 e. The predicted octanol–water partition coefficient (Wildman–Crippen LogP) is 1.76. The van der Waals surface area contributed by atoms with Gasteiger partial charge < -0.3 is 16.2 Å². The van der Waals surface area contributed by atoms with Crippen LogP contribution in [0, 0.1) is 5.92 Å². The summed E-state index contributed by atoms with van der Waals surface area (Å²) >= 11 is 5.78. The Kier molecular flexibility index (Phi) is 4.97. The highest BCUT2D eigenvalue weighted by molar-refractivity contribution is 6.31. The highest BCUT2D eigenvalue weighted by atomic mass is 35.5. The SMILES string of the molecule is CCC(CNC(=O)c1cc(N)cc(Cl)c1)C(=O)O. The molecule has 0 radical (unpaired) electrons. The predicted molar refractivity (Wildman–Crippen MR) is 69.6 cm³/mol. The summed E-state index contributed by atoms with van der Waals surface area (Å²) in [6, 6.07) is 4.50. The lowest BCUT2D eigenvalue weighted by molar-refractivity contribution is -0.141. The molecule has 0 spiro atoms. The molecule has 0 aliphatic heterocycles. The van der Waals surface area contributed by atoms with Crippen molar-refractivity contribution in [1.29, 1.82) is 0 Å². The van der Waals surface area contributed by atoms with Crippen LogP contribution in [-0.4, -0.2) is 23.5 Å². The molecular formula is C12H15ClN2O3. The first-order valence-electron chi connectivity index (χ1n) is 5.51. The first-order chi connectivity index (χ1) is 8.43. The second-order valence-corrected chi connectivity index (χ2v) is 4.36. The van der Waals surface area contributed by atoms with Gasteiger partial charge in [-0.25, -0.2) is 0 Å². The molecule has 0 heterocycles. The molecule has 0 fully saturated rings. The molecule has 0 saturated carbocycles. The van der Waals surface area contributed by atoms with Gasteiger partial charge in [0.25, 0.3) is 5.91 Å². The first-order valence-corrected chi connectivity index (χ1v) is 5.89. The van der Waals surface area contributed by atoms with Gasteiger partial charge in [0.15, 0.2) is 0 Å². The molecule has 18 heavy (non-hydrogen) atoms. The van der Waals surface area contributed by atoms with E-state index in [9.17, 15) is 9.59 Å². The summed E-state index contributed by atoms with van der Waals surface area (Å²) in [6.45, 7) is 1.83. The van der Waals surface area contributed by atoms with Gasteiger partial charge in [-0.05, 0) is 24.6 Å². The Hall–Kier alpha value is -1.75. The number of nitrogens with two attached hydrogens (primary N) is 1. The third-order valence-corrected chi connectivity index (χ3v) is 2.75. The minimum absolute atomic E-state index is 0.0804. The summed E-state index contributed by atoms with van der Waals surface area (Å²) in [5, 5.41) is 11.8. The monoisotopic (exact) mass is 270 g/mol. The maximum Gasteiger partial charge on any atom is 0.308 e. The Morgan fingerprint density at radius 3 is 2.61 bits per heavy atom. The van der Waals surface area contributed by atoms with Crippen molar-refractivity contribution in [2.75, 3.05) is 12.3 Å². The minimum Gasteiger partial charge on any atom is -0.481 e. The molecular weight excluding hydrogens is 256 g/mol. The summed E-state index contributed by atoms with van der Waals surface area (Å²) in [7, 11) is 0. The number of rotatable bonds is 5. The molecule has 1 aromatic carbocycles. The fourth-order valence-electron chi connectivity index (χ4n) is 1.47. The summed E-state index contributed by atoms with van der Waals surface area (Å²) < 4.78 is 0. The van der Waals surface area contributed by atoms with E-state index in [1.165, 1.54) is 18.2 Å². The second-order valence-electron chi connectivity index (χ2n) is 3.93. The van der Waals surface area contributed by atoms with Crippen LogP contribution in [0.3, 0.4) is 0 Å². The van der Waals surface area contributed by atoms with E-state index in [1.54, 1.807) is 6.92 Å². The number of carboxylic acid groups (broad SMARTS) is 1. The number of amides is 1. The number of nitrogen functional groups attached to an aromatic ring is 1. The van der Waals surface area contributed by atoms with Crippen LogP contribution < -0.4 is 11.1 Å². The molecule has 1 rings (SSSR count). The van der Waals surface area contributed by atoms with E-state index >= 15 is 0 Å². The number of hydrogen-bond acceptors (Lipinski definition) is 3. The van der Waals surface area contributed by atoms with Crippen molar-refractivity contribution in [3.63, 3.8) is 0 Å². The smallest absolute Gasteiger partial charge is 0.308 e. The summed E-state index contributed by atoms with van der Waals surface area (Å²) in [4.78, 5) is 22.6. The topological polar surface area (TPSA) is 92.4 Å². The number of aliphatic carboxylic acids is 1. The van der Waals surface area contributed by atoms with Gasteiger partial charge in [0.2, 0.25) is 0 Å². The lowest BCUT2D eigenvalue weighted by Crippen LogP contribution is -2.32. The van der Waals surface area contributed by atoms with Gasteiger partial charge in [-0.15, -0.1) is 0 Å². The van der Waals surface area contributed by atoms with E-state index in [0.29, 0.717) is 22.7 Å². The molecule has 1 amide bonds. The Morgan fingerprint density at radius 1 is 1.44 bits per heavy atom. The molecule has 98 valence electrons. The van der Waals surface area contributed by atoms with Gasteiger partial charge in [0, 0.05) is 22.8 Å². The lowest BCUT2D eigenvalue weighted by Gasteiger charge is -2.11. The molecule has 0 aromatic heterocycles. The van der Waals surface area contributed by atoms with Crippen LogP contribution in [0.2, 0.25) is 5.02 Å². The van der Waals surface area contributed by atoms with Crippen LogP contribution in [-0.2, 0) is 4.79 Å². The molecule has 1 atom stereocenters. The van der Waals surface area contributed by atoms with Crippen LogP contribution in [0.4, 0.5) is 5.69 Å². The average Bonchev–Trinajstić information content (AvgIpc) is 2.27. The van der Waals surface area contributed by atoms with Crippen molar-refractivity contribution in [2.24, 2.45) is 5.92 Å². The molecule has 0 bridgehead atoms. The summed E-state index contributed by atoms with van der Waals surface area (Å²) in [6.07, 6.45) is 0.452. The molecule has 5 nitrogen and oxygen atoms in total. The van der Waals surface area contributed by atoms with E-state index < -0.39 is 11.9 Å². The standard InChI is InChI=1S/C12H15ClN2O3/c1-2-7(12(17)18)6-15-11(16)8-3-9(13)5-10(14)4-8/h3-5,7H,2,6,14H2,1H3,(H,15,16)(H,17,18). The van der Waals surface area contributed by atoms with Crippen molar-refractivity contribution in [1.82, 2.24) is 5.32 Å². The molecule has 1 aromatic rings. The van der Waals surface area contributed by atoms with Crippen molar-refractivity contribution in [3.8, 4) is 0 Å². The Bertz CT molecular complexity index is 442. The van der Waals surface area contributed by atoms with Gasteiger partial charge in [0.05, 0.1) is 5.92 Å². The van der Waals surface area contributed by atoms with Crippen molar-refractivity contribution < 1.29 is 14.7 Å². The molecule has 6 heteroatoms. The molecule has 0 aliphatic carbocycles. The molecule has 1 unspecified atom stereocenters. The van der Waals surface area contributed by atoms with E-state index in [0.717, 1.165) is 0 Å². The maximum atomic E-state index is 11.8. The van der Waals surface area contributed by atoms with Crippen LogP contribution in [0.15, 0.2) is 18.2 Å². The zero-order valence-electron chi connectivity index (χ0n) is 9.94. The quantitative estimate of drug-likeness (QED) is 0.711. The van der Waals surface area contributed by atoms with Crippen molar-refractivity contribution in [3.05, 3.63) is 28.8 Å². The van der Waals surface area contributed by atoms with Crippen LogP contribution >= 0.6 is 11.6 Å². The van der Waals surface area contributed by atoms with Crippen LogP contribution in [0.5, 0.6) is 0 Å². The van der Waals surface area contributed by atoms with Crippen molar-refractivity contribution in [2.45, 2.75) is 13.3 Å². The van der Waals surface area contributed by atoms with E-state index in [-0.39, 0.29) is 12.5 Å². The lowest BCUT2D eigenvalue weighted by atomic mass is 10.1. The van der Waals surface area contributed by atoms with E-state index in [2.05, 4.69) is 5.32 Å². The number of carboxylic acids is 1. The van der Waals surface area contributed by atoms with Crippen LogP contribution in [0.1, 0.15) is 23.7 Å². The van der Waals surface area contributed by atoms with E-state index in [4.69, 9.17) is 22.4 Å². The maximum absolute atomic E-state index is 11.8. The highest BCUT2D eigenvalue weighted by Gasteiger charge is 2.16. The number of carbonyl (C=O) groups excluding carboxylic acids is 1. The van der Waals surface area contributed by atoms with Gasteiger partial charge in [-0.1, -0.05) is 18.5 Å². The van der Waals surface area contributed by atoms with Crippen LogP contribution in [0.25, 0.3) is 0 Å². The van der Waals surface area contributed by atoms with E-state index in [1.807, 2.05) is 0 Å². The zero-order chi connectivity index (χ0) is 13.7. The average molecular weight is 271 g/mol. The third kappa shape index (κ3) is 3.92. The van der Waals surface area contributed by atoms with Gasteiger partial charge >= 0.3 is 5.97 Å². The number of nitrogens with one attached hydrogen (secondary N) is 1. The Balaban J connectivity index is 2.68. The normalized spacial score (nSPS) is 11.9. The molecule has 0 aliphatic rings. The second kappa shape index (κ2) is 6.26. The number of hydrogen-bond donors (Lipinski definition) is 3. The fraction of sp³-hybridized carbons (Fsp3) is 0.333. The van der Waals surface area contributed by atoms with Gasteiger partial charge in [-0.2, -0.15) is 0 Å². The zero-order valence-corrected chi connectivity index (χ0v) is 10.7. The fourth-order valence-corrected chi connectivity index (χ4v) is 1.71. The Labute approximate surface area is 110 Å². The first kappa shape index (κ1) is 14.3. The number of anilines is 1. The molecule has 4 N–H and O–H groups in total. The summed E-state index contributed by atoms with van der Waals surface area (Å²) in [5.74, 6) is -1.90. The minimum atomic E-state index is -0.927. The number of carbonyl (C=O) groups is 2. The molecule has 0 saturated heterocycles. The van der Waals surface area contributed by atoms with Gasteiger partial charge in [-0.3, -0.25) is 9.59 Å². The van der Waals surface area contributed by atoms with Gasteiger partial charge in [0.1, 0.15) is 0 Å². The summed E-state index contributed by atoms with van der Waals surface area (Å²) in [5.41, 5.74) is 6.28. The Morgan fingerprint density at radius 2 is 2.11 bits per heavy atom. The van der Waals surface area contributed by atoms with Crippen molar-refractivity contribution >= 4 is 29.2 Å². The third-order valence-electron chi connectivity index (χ3n) is 2.53. The number of benzene rings is 1.